The quantitative estimate of drug-likeness (QED) is 0.0346. The number of hydrogen-bond donors (Lipinski definition) is 0. The molecule has 15 rings (SSSR count). The van der Waals surface area contributed by atoms with E-state index in [1.807, 2.05) is 68.0 Å². The second kappa shape index (κ2) is 31.6. The molecule has 0 N–H and O–H groups in total. The van der Waals surface area contributed by atoms with Gasteiger partial charge in [0.25, 0.3) is 0 Å². The maximum atomic E-state index is 7.67. The lowest BCUT2D eigenvalue weighted by atomic mass is 9.89. The highest BCUT2D eigenvalue weighted by atomic mass is 32.1. The number of benzene rings is 5. The first kappa shape index (κ1) is 69.1. The van der Waals surface area contributed by atoms with Crippen molar-refractivity contribution in [2.75, 3.05) is 0 Å². The molecule has 0 amide bonds. The molecule has 0 saturated carbocycles. The third kappa shape index (κ3) is 14.7. The highest BCUT2D eigenvalue weighted by Crippen LogP contribution is 2.53. The van der Waals surface area contributed by atoms with Gasteiger partial charge < -0.3 is 13.8 Å². The lowest BCUT2D eigenvalue weighted by Crippen LogP contribution is -2.42. The topological polar surface area (TPSA) is 35.8 Å². The van der Waals surface area contributed by atoms with Crippen molar-refractivity contribution < 1.29 is 9.31 Å². The lowest BCUT2D eigenvalue weighted by Gasteiger charge is -2.29. The zero-order valence-corrected chi connectivity index (χ0v) is 64.6. The van der Waals surface area contributed by atoms with Gasteiger partial charge in [-0.3, -0.25) is 0 Å². The summed E-state index contributed by atoms with van der Waals surface area (Å²) in [6.07, 6.45) is 28.4. The van der Waals surface area contributed by atoms with E-state index in [0.717, 1.165) is 87.8 Å². The van der Waals surface area contributed by atoms with Crippen LogP contribution in [0.5, 0.6) is 11.5 Å². The van der Waals surface area contributed by atoms with Crippen molar-refractivity contribution in [3.05, 3.63) is 243 Å². The van der Waals surface area contributed by atoms with E-state index in [-0.39, 0.29) is 0 Å². The molecule has 3 aliphatic heterocycles. The normalized spacial score (nSPS) is 13.7. The van der Waals surface area contributed by atoms with Gasteiger partial charge >= 0.3 is 7.25 Å². The Morgan fingerprint density at radius 1 is 0.356 bits per heavy atom. The fourth-order valence-electron chi connectivity index (χ4n) is 15.2. The van der Waals surface area contributed by atoms with E-state index in [1.165, 1.54) is 217 Å². The number of rotatable bonds is 29. The first-order valence-corrected chi connectivity index (χ1v) is 42.3. The van der Waals surface area contributed by atoms with Crippen LogP contribution in [0.25, 0.3) is 97.6 Å². The first-order valence-electron chi connectivity index (χ1n) is 37.4. The summed E-state index contributed by atoms with van der Waals surface area (Å²) in [6.45, 7) is 15.9. The molecule has 0 aliphatic carbocycles. The minimum Gasteiger partial charge on any atom is -0.506 e. The number of thiophene rings is 6. The van der Waals surface area contributed by atoms with E-state index in [0.29, 0.717) is 0 Å². The van der Waals surface area contributed by atoms with Crippen LogP contribution < -0.4 is 9.31 Å². The van der Waals surface area contributed by atoms with Gasteiger partial charge in [0.05, 0.1) is 11.4 Å². The van der Waals surface area contributed by atoms with Gasteiger partial charge in [-0.1, -0.05) is 195 Å². The van der Waals surface area contributed by atoms with E-state index >= 15 is 0 Å². The molecule has 0 radical (unpaired) electrons. The van der Waals surface area contributed by atoms with Crippen molar-refractivity contribution in [1.29, 1.82) is 0 Å². The molecular weight excluding hydrogens is 1340 g/mol. The van der Waals surface area contributed by atoms with Gasteiger partial charge in [-0.15, -0.1) is 68.0 Å². The number of aliphatic imine (C=N–C) groups is 1. The number of nitrogens with zero attached hydrogens (tertiary/aromatic N) is 2. The van der Waals surface area contributed by atoms with Crippen LogP contribution in [0.3, 0.4) is 0 Å². The molecule has 0 saturated heterocycles. The summed E-state index contributed by atoms with van der Waals surface area (Å²) in [7, 11) is -0.840. The van der Waals surface area contributed by atoms with Crippen LogP contribution in [0.2, 0.25) is 0 Å². The summed E-state index contributed by atoms with van der Waals surface area (Å²) < 4.78 is 17.5. The van der Waals surface area contributed by atoms with Gasteiger partial charge in [-0.05, 0) is 230 Å². The predicted molar refractivity (Wildman–Crippen MR) is 443 cm³/mol. The van der Waals surface area contributed by atoms with Crippen molar-refractivity contribution >= 4 is 86.6 Å². The van der Waals surface area contributed by atoms with Crippen LogP contribution >= 0.6 is 68.0 Å². The maximum absolute atomic E-state index is 7.67. The van der Waals surface area contributed by atoms with Gasteiger partial charge in [0.15, 0.2) is 0 Å². The molecule has 101 heavy (non-hydrogen) atoms. The van der Waals surface area contributed by atoms with Gasteiger partial charge in [0, 0.05) is 86.6 Å². The monoisotopic (exact) mass is 1430 g/mol. The molecule has 2 bridgehead atoms. The Morgan fingerprint density at radius 3 is 1.25 bits per heavy atom. The summed E-state index contributed by atoms with van der Waals surface area (Å²) in [4.78, 5) is 22.0. The van der Waals surface area contributed by atoms with E-state index < -0.39 is 7.25 Å². The molecule has 0 unspecified atom stereocenters. The summed E-state index contributed by atoms with van der Waals surface area (Å²) in [5.41, 5.74) is 22.6. The third-order valence-corrected chi connectivity index (χ3v) is 28.2. The number of aryl methyl sites for hydroxylation is 7. The highest BCUT2D eigenvalue weighted by Gasteiger charge is 2.41. The molecule has 0 atom stereocenters. The molecule has 512 valence electrons. The van der Waals surface area contributed by atoms with Crippen LogP contribution in [-0.4, -0.2) is 17.4 Å². The van der Waals surface area contributed by atoms with E-state index in [1.54, 1.807) is 0 Å². The average Bonchev–Trinajstić information content (AvgIpc) is 1.63. The molecule has 4 nitrogen and oxygen atoms in total. The molecule has 3 aliphatic rings. The summed E-state index contributed by atoms with van der Waals surface area (Å²) >= 11 is 11.8. The van der Waals surface area contributed by atoms with Crippen LogP contribution in [-0.2, 0) is 25.7 Å². The van der Waals surface area contributed by atoms with Gasteiger partial charge in [-0.2, -0.15) is 0 Å². The molecular formula is C90H91BN2O2S6. The standard InChI is InChI=1S/C90H91BN2O2S6/c1-8-12-16-22-34-65-54-81(98-89(65)83-56-67(36-24-18-14-10-3)87(100-83)79-48-46-77(96-79)61-30-26-20-27-31-61)63-38-40-69-71-42-43-72(92-71)86(85-59(6)50-58(5)51-60(85)7)74-45-44-73-70-41-39-64(53-76(70)95-91(93(73)74)94-75(69)52-63)82-55-66(35-23-17-13-9-2)90(99-82)84-57-68(37-25-19-15-11-4)88(101-84)80-49-47-78(97-80)62-32-28-21-29-33-62/h20-21,26-33,38-57H,8-19,22-25,34-37H2,1-7H3/b86-72+. The van der Waals surface area contributed by atoms with Crippen LogP contribution in [0.15, 0.2) is 193 Å². The minimum absolute atomic E-state index is 0.752. The Kier molecular flexibility index (Phi) is 21.6. The maximum Gasteiger partial charge on any atom is 0.743 e. The molecule has 0 spiro atoms. The zero-order valence-electron chi connectivity index (χ0n) is 59.7. The number of fused-ring (bicyclic) bond motifs is 5. The van der Waals surface area contributed by atoms with Crippen molar-refractivity contribution in [3.63, 3.8) is 0 Å². The van der Waals surface area contributed by atoms with Gasteiger partial charge in [0.1, 0.15) is 11.5 Å². The van der Waals surface area contributed by atoms with Crippen LogP contribution in [0.1, 0.15) is 186 Å². The fourth-order valence-corrected chi connectivity index (χ4v) is 22.7. The Labute approximate surface area is 624 Å². The molecule has 7 aromatic heterocycles. The molecule has 10 heterocycles. The minimum atomic E-state index is -0.840. The number of unbranched alkanes of at least 4 members (excludes halogenated alkanes) is 12. The summed E-state index contributed by atoms with van der Waals surface area (Å²) in [5, 5.41) is 0. The van der Waals surface area contributed by atoms with Crippen molar-refractivity contribution in [1.82, 2.24) is 4.48 Å². The highest BCUT2D eigenvalue weighted by molar-refractivity contribution is 7.29. The Morgan fingerprint density at radius 2 is 0.772 bits per heavy atom. The number of allylic oxidation sites excluding steroid dienone is 2. The zero-order chi connectivity index (χ0) is 68.9. The molecule has 5 aromatic carbocycles. The predicted octanol–water partition coefficient (Wildman–Crippen LogP) is 28.7. The molecule has 11 heteroatoms. The smallest absolute Gasteiger partial charge is 0.506 e. The second-order valence-corrected chi connectivity index (χ2v) is 34.3. The van der Waals surface area contributed by atoms with Crippen molar-refractivity contribution in [3.8, 4) is 104 Å². The van der Waals surface area contributed by atoms with Crippen LogP contribution in [0, 0.1) is 20.8 Å². The van der Waals surface area contributed by atoms with E-state index in [4.69, 9.17) is 14.3 Å². The Balaban J connectivity index is 0.825. The molecule has 0 fully saturated rings. The Hall–Kier alpha value is -7.61. The lowest BCUT2D eigenvalue weighted by molar-refractivity contribution is 0.403. The third-order valence-electron chi connectivity index (χ3n) is 20.4. The van der Waals surface area contributed by atoms with Crippen LogP contribution in [0.4, 0.5) is 0 Å². The molecule has 12 aromatic rings. The SMILES string of the molecule is CCCCCCc1cc(-c2ccc3c(c2)OB2Oc4cc(-c5cc(CCCCCC)c(-c6cc(CCCCCC)c(-c7ccc(-c8ccccc8)s7)s6)s5)ccc4-c4ccc(n42)/C(c2c(C)cc(C)cc2C)=C2/C=CC3=N2)sc1-c1cc(CCCCCC)c(-c2ccc(-c3ccccc3)s2)s1. The fraction of sp³-hybridized carbons (Fsp3) is 0.300. The van der Waals surface area contributed by atoms with Crippen molar-refractivity contribution in [2.45, 2.75) is 177 Å². The number of hydrogen-bond acceptors (Lipinski definition) is 9. The van der Waals surface area contributed by atoms with Gasteiger partial charge in [-0.25, -0.2) is 4.99 Å². The first-order chi connectivity index (χ1) is 49.6. The largest absolute Gasteiger partial charge is 0.743 e. The Bertz CT molecular complexity index is 4990. The number of aromatic nitrogens is 1. The van der Waals surface area contributed by atoms with E-state index in [9.17, 15) is 0 Å². The van der Waals surface area contributed by atoms with Gasteiger partial charge in [0.2, 0.25) is 0 Å². The summed E-state index contributed by atoms with van der Waals surface area (Å²) in [6, 6.07) is 64.4. The average molecular weight is 1440 g/mol. The van der Waals surface area contributed by atoms with E-state index in [2.05, 4.69) is 235 Å². The second-order valence-electron chi connectivity index (χ2n) is 28.0. The summed E-state index contributed by atoms with van der Waals surface area (Å²) in [5.74, 6) is 1.57. The van der Waals surface area contributed by atoms with Crippen molar-refractivity contribution in [2.24, 2.45) is 4.99 Å².